The van der Waals surface area contributed by atoms with Crippen molar-refractivity contribution >= 4 is 23.4 Å². The molecule has 0 aromatic heterocycles. The summed E-state index contributed by atoms with van der Waals surface area (Å²) < 4.78 is 79.0. The minimum atomic E-state index is -4.78. The first-order chi connectivity index (χ1) is 13.0. The second-order valence-electron chi connectivity index (χ2n) is 5.68. The van der Waals surface area contributed by atoms with Crippen molar-refractivity contribution in [3.63, 3.8) is 0 Å². The summed E-state index contributed by atoms with van der Waals surface area (Å²) in [5.74, 6) is -0.698. The number of hydrogen-bond acceptors (Lipinski definition) is 3. The van der Waals surface area contributed by atoms with Crippen LogP contribution in [0, 0.1) is 0 Å². The number of alkyl halides is 6. The lowest BCUT2D eigenvalue weighted by Crippen LogP contribution is -2.24. The van der Waals surface area contributed by atoms with Crippen molar-refractivity contribution in [2.75, 3.05) is 5.32 Å². The quantitative estimate of drug-likeness (QED) is 0.591. The molecule has 152 valence electrons. The summed E-state index contributed by atoms with van der Waals surface area (Å²) in [5.41, 5.74) is -0.642. The summed E-state index contributed by atoms with van der Waals surface area (Å²) in [4.78, 5) is 12.2. The Kier molecular flexibility index (Phi) is 6.87. The molecule has 0 radical (unpaired) electrons. The average Bonchev–Trinajstić information content (AvgIpc) is 2.59. The molecule has 2 aromatic rings. The van der Waals surface area contributed by atoms with Gasteiger partial charge in [0, 0.05) is 5.75 Å². The molecule has 0 aliphatic rings. The first-order valence-corrected chi connectivity index (χ1v) is 8.94. The zero-order chi connectivity index (χ0) is 20.9. The largest absolute Gasteiger partial charge is 0.573 e. The van der Waals surface area contributed by atoms with Crippen molar-refractivity contribution in [1.82, 2.24) is 0 Å². The Balaban J connectivity index is 1.93. The fourth-order valence-electron chi connectivity index (χ4n) is 2.16. The van der Waals surface area contributed by atoms with Gasteiger partial charge >= 0.3 is 12.5 Å². The molecule has 2 aromatic carbocycles. The van der Waals surface area contributed by atoms with Crippen LogP contribution in [0.2, 0.25) is 0 Å². The van der Waals surface area contributed by atoms with Crippen LogP contribution in [-0.2, 0) is 16.7 Å². The van der Waals surface area contributed by atoms with Gasteiger partial charge in [-0.25, -0.2) is 0 Å². The molecule has 28 heavy (non-hydrogen) atoms. The Morgan fingerprint density at radius 1 is 1.04 bits per heavy atom. The van der Waals surface area contributed by atoms with Crippen LogP contribution in [0.15, 0.2) is 48.5 Å². The Hall–Kier alpha value is -2.36. The molecule has 2 rings (SSSR count). The molecule has 0 fully saturated rings. The minimum Gasteiger partial charge on any atom is -0.406 e. The molecule has 0 heterocycles. The molecule has 1 amide bonds. The van der Waals surface area contributed by atoms with Crippen molar-refractivity contribution in [2.24, 2.45) is 0 Å². The summed E-state index contributed by atoms with van der Waals surface area (Å²) >= 11 is 1.13. The maximum atomic E-state index is 13.0. The van der Waals surface area contributed by atoms with Crippen molar-refractivity contribution in [2.45, 2.75) is 30.5 Å². The van der Waals surface area contributed by atoms with Crippen LogP contribution in [0.3, 0.4) is 0 Å². The fourth-order valence-corrected chi connectivity index (χ4v) is 3.00. The number of para-hydroxylation sites is 1. The zero-order valence-electron chi connectivity index (χ0n) is 14.4. The number of amides is 1. The Labute approximate surface area is 161 Å². The minimum absolute atomic E-state index is 0.280. The highest BCUT2D eigenvalue weighted by Crippen LogP contribution is 2.35. The zero-order valence-corrected chi connectivity index (χ0v) is 15.2. The third-order valence-electron chi connectivity index (χ3n) is 3.52. The van der Waals surface area contributed by atoms with Crippen molar-refractivity contribution in [3.05, 3.63) is 59.7 Å². The molecule has 0 bridgehead atoms. The van der Waals surface area contributed by atoms with Gasteiger partial charge in [-0.1, -0.05) is 24.3 Å². The molecular weight excluding hydrogens is 408 g/mol. The molecule has 0 aliphatic heterocycles. The van der Waals surface area contributed by atoms with Gasteiger partial charge in [-0.05, 0) is 36.8 Å². The van der Waals surface area contributed by atoms with Gasteiger partial charge < -0.3 is 10.1 Å². The number of rotatable bonds is 6. The number of thioether (sulfide) groups is 1. The average molecular weight is 423 g/mol. The molecule has 10 heteroatoms. The number of nitrogens with one attached hydrogen (secondary N) is 1. The van der Waals surface area contributed by atoms with Crippen molar-refractivity contribution < 1.29 is 35.9 Å². The van der Waals surface area contributed by atoms with Crippen LogP contribution < -0.4 is 10.1 Å². The van der Waals surface area contributed by atoms with E-state index >= 15 is 0 Å². The van der Waals surface area contributed by atoms with Gasteiger partial charge in [-0.3, -0.25) is 4.79 Å². The lowest BCUT2D eigenvalue weighted by atomic mass is 10.1. The SMILES string of the molecule is CC(SCc1ccc(OC(F)(F)F)cc1)C(=O)Nc1ccccc1C(F)(F)F. The van der Waals surface area contributed by atoms with Crippen LogP contribution in [0.1, 0.15) is 18.1 Å². The standard InChI is InChI=1S/C18H15F6NO2S/c1-11(16(26)25-15-5-3-2-4-14(15)17(19,20)21)28-10-12-6-8-13(9-7-12)27-18(22,23)24/h2-9,11H,10H2,1H3,(H,25,26). The molecule has 3 nitrogen and oxygen atoms in total. The maximum Gasteiger partial charge on any atom is 0.573 e. The number of halogens is 6. The van der Waals surface area contributed by atoms with E-state index in [1.165, 1.54) is 31.2 Å². The lowest BCUT2D eigenvalue weighted by molar-refractivity contribution is -0.274. The molecule has 0 saturated carbocycles. The summed E-state index contributed by atoms with van der Waals surface area (Å²) in [6.45, 7) is 1.53. The Bertz CT molecular complexity index is 805. The molecule has 0 aliphatic carbocycles. The highest BCUT2D eigenvalue weighted by Gasteiger charge is 2.34. The number of anilines is 1. The topological polar surface area (TPSA) is 38.3 Å². The first-order valence-electron chi connectivity index (χ1n) is 7.89. The van der Waals surface area contributed by atoms with Gasteiger partial charge in [0.15, 0.2) is 0 Å². The fraction of sp³-hybridized carbons (Fsp3) is 0.278. The molecule has 1 atom stereocenters. The third-order valence-corrected chi connectivity index (χ3v) is 4.73. The summed E-state index contributed by atoms with van der Waals surface area (Å²) in [6.07, 6.45) is -9.38. The Morgan fingerprint density at radius 2 is 1.64 bits per heavy atom. The van der Waals surface area contributed by atoms with E-state index in [1.807, 2.05) is 0 Å². The van der Waals surface area contributed by atoms with Gasteiger partial charge in [0.2, 0.25) is 5.91 Å². The number of carbonyl (C=O) groups is 1. The highest BCUT2D eigenvalue weighted by molar-refractivity contribution is 7.99. The van der Waals surface area contributed by atoms with Crippen LogP contribution in [0.4, 0.5) is 32.0 Å². The van der Waals surface area contributed by atoms with Gasteiger partial charge in [0.1, 0.15) is 5.75 Å². The van der Waals surface area contributed by atoms with E-state index in [2.05, 4.69) is 10.1 Å². The Morgan fingerprint density at radius 3 is 2.21 bits per heavy atom. The molecule has 1 N–H and O–H groups in total. The van der Waals surface area contributed by atoms with E-state index in [9.17, 15) is 31.1 Å². The molecule has 0 spiro atoms. The predicted octanol–water partition coefficient (Wildman–Crippen LogP) is 5.86. The van der Waals surface area contributed by atoms with E-state index < -0.39 is 29.3 Å². The van der Waals surface area contributed by atoms with Gasteiger partial charge in [-0.15, -0.1) is 24.9 Å². The van der Waals surface area contributed by atoms with E-state index in [-0.39, 0.29) is 17.2 Å². The number of carbonyl (C=O) groups excluding carboxylic acids is 1. The van der Waals surface area contributed by atoms with Gasteiger partial charge in [0.25, 0.3) is 0 Å². The second kappa shape index (κ2) is 8.76. The number of benzene rings is 2. The van der Waals surface area contributed by atoms with E-state index in [1.54, 1.807) is 0 Å². The van der Waals surface area contributed by atoms with E-state index in [4.69, 9.17) is 0 Å². The predicted molar refractivity (Wildman–Crippen MR) is 94.0 cm³/mol. The summed E-state index contributed by atoms with van der Waals surface area (Å²) in [7, 11) is 0. The molecular formula is C18H15F6NO2S. The van der Waals surface area contributed by atoms with Crippen LogP contribution in [0.25, 0.3) is 0 Å². The van der Waals surface area contributed by atoms with E-state index in [0.29, 0.717) is 5.56 Å². The monoisotopic (exact) mass is 423 g/mol. The summed E-state index contributed by atoms with van der Waals surface area (Å²) in [5, 5.41) is 1.58. The van der Waals surface area contributed by atoms with Crippen LogP contribution in [-0.4, -0.2) is 17.5 Å². The summed E-state index contributed by atoms with van der Waals surface area (Å²) in [6, 6.07) is 9.77. The number of hydrogen-bond donors (Lipinski definition) is 1. The van der Waals surface area contributed by atoms with Gasteiger partial charge in [0.05, 0.1) is 16.5 Å². The first kappa shape index (κ1) is 21.9. The van der Waals surface area contributed by atoms with Crippen molar-refractivity contribution in [3.8, 4) is 5.75 Å². The molecule has 0 saturated heterocycles. The third kappa shape index (κ3) is 6.66. The van der Waals surface area contributed by atoms with Crippen LogP contribution >= 0.6 is 11.8 Å². The van der Waals surface area contributed by atoms with Crippen molar-refractivity contribution in [1.29, 1.82) is 0 Å². The smallest absolute Gasteiger partial charge is 0.406 e. The van der Waals surface area contributed by atoms with Crippen LogP contribution in [0.5, 0.6) is 5.75 Å². The van der Waals surface area contributed by atoms with Gasteiger partial charge in [-0.2, -0.15) is 13.2 Å². The van der Waals surface area contributed by atoms with E-state index in [0.717, 1.165) is 36.0 Å². The molecule has 1 unspecified atom stereocenters. The maximum absolute atomic E-state index is 13.0. The number of ether oxygens (including phenoxy) is 1. The highest BCUT2D eigenvalue weighted by atomic mass is 32.2. The lowest BCUT2D eigenvalue weighted by Gasteiger charge is -2.16. The second-order valence-corrected chi connectivity index (χ2v) is 7.01. The normalized spacial score (nSPS) is 13.1.